The van der Waals surface area contributed by atoms with Gasteiger partial charge in [0.15, 0.2) is 0 Å². The van der Waals surface area contributed by atoms with Gasteiger partial charge in [0.2, 0.25) is 0 Å². The lowest BCUT2D eigenvalue weighted by Gasteiger charge is -2.33. The highest BCUT2D eigenvalue weighted by Crippen LogP contribution is 2.49. The molecule has 2 aliphatic heterocycles. The van der Waals surface area contributed by atoms with E-state index < -0.39 is 8.80 Å². The van der Waals surface area contributed by atoms with Gasteiger partial charge in [-0.15, -0.1) is 0 Å². The number of benzene rings is 7. The van der Waals surface area contributed by atoms with Crippen molar-refractivity contribution in [3.63, 3.8) is 0 Å². The fraction of sp³-hybridized carbons (Fsp3) is 0.158. The molecule has 11 rings (SSSR count). The van der Waals surface area contributed by atoms with E-state index in [-0.39, 0.29) is 24.2 Å². The lowest BCUT2D eigenvalue weighted by Crippen LogP contribution is -2.39. The molecule has 0 fully saturated rings. The van der Waals surface area contributed by atoms with E-state index in [1.165, 1.54) is 77.4 Å². The lowest BCUT2D eigenvalue weighted by atomic mass is 9.86. The van der Waals surface area contributed by atoms with E-state index in [1.54, 1.807) is 0 Å². The van der Waals surface area contributed by atoms with E-state index in [9.17, 15) is 0 Å². The summed E-state index contributed by atoms with van der Waals surface area (Å²) in [6.07, 6.45) is 9.60. The molecule has 5 heteroatoms. The van der Waals surface area contributed by atoms with Crippen molar-refractivity contribution in [3.8, 4) is 5.69 Å². The van der Waals surface area contributed by atoms with Crippen molar-refractivity contribution in [1.29, 1.82) is 0 Å². The second kappa shape index (κ2) is 15.4. The summed E-state index contributed by atoms with van der Waals surface area (Å²) >= 11 is 0. The van der Waals surface area contributed by atoms with Gasteiger partial charge in [-0.2, -0.15) is 0 Å². The minimum Gasteiger partial charge on any atom is -0.366 e. The van der Waals surface area contributed by atoms with Crippen molar-refractivity contribution >= 4 is 58.4 Å². The van der Waals surface area contributed by atoms with Crippen LogP contribution in [-0.2, 0) is 0 Å². The van der Waals surface area contributed by atoms with Crippen molar-refractivity contribution in [1.82, 2.24) is 15.2 Å². The van der Waals surface area contributed by atoms with Gasteiger partial charge in [0, 0.05) is 39.4 Å². The van der Waals surface area contributed by atoms with Gasteiger partial charge in [-0.3, -0.25) is 5.32 Å². The van der Waals surface area contributed by atoms with Gasteiger partial charge >= 0.3 is 8.80 Å². The van der Waals surface area contributed by atoms with Crippen molar-refractivity contribution in [2.24, 2.45) is 0 Å². The molecule has 0 amide bonds. The molecule has 1 aliphatic carbocycles. The van der Waals surface area contributed by atoms with Crippen LogP contribution in [0.4, 0.5) is 11.4 Å². The molecule has 4 nitrogen and oxygen atoms in total. The van der Waals surface area contributed by atoms with Crippen LogP contribution in [0.1, 0.15) is 66.7 Å². The average Bonchev–Trinajstić information content (AvgIpc) is 3.84. The van der Waals surface area contributed by atoms with Gasteiger partial charge in [-0.1, -0.05) is 133 Å². The summed E-state index contributed by atoms with van der Waals surface area (Å²) < 4.78 is 2.44. The van der Waals surface area contributed by atoms with Crippen LogP contribution in [-0.4, -0.2) is 19.4 Å². The number of allylic oxidation sites excluding steroid dienone is 2. The molecule has 3 heterocycles. The Morgan fingerprint density at radius 1 is 0.581 bits per heavy atom. The largest absolute Gasteiger partial charge is 0.366 e. The first-order valence-electron chi connectivity index (χ1n) is 22.0. The minimum absolute atomic E-state index is 0.0133. The highest BCUT2D eigenvalue weighted by atomic mass is 28.3. The fourth-order valence-corrected chi connectivity index (χ4v) is 11.4. The molecule has 0 bridgehead atoms. The molecule has 0 radical (unpaired) electrons. The molecule has 7 aromatic carbocycles. The molecule has 0 spiro atoms. The molecule has 8 aromatic rings. The first-order chi connectivity index (χ1) is 30.3. The summed E-state index contributed by atoms with van der Waals surface area (Å²) in [7, 11) is -0.670. The van der Waals surface area contributed by atoms with Crippen LogP contribution in [0.3, 0.4) is 0 Å². The molecule has 62 heavy (non-hydrogen) atoms. The number of nitrogens with one attached hydrogen (secondary N) is 2. The molecular weight excluding hydrogens is 769 g/mol. The maximum atomic E-state index is 3.88. The third kappa shape index (κ3) is 6.73. The van der Waals surface area contributed by atoms with E-state index in [0.717, 1.165) is 5.70 Å². The van der Waals surface area contributed by atoms with E-state index in [4.69, 9.17) is 0 Å². The summed E-state index contributed by atoms with van der Waals surface area (Å²) in [5.74, 6) is 0.230. The Morgan fingerprint density at radius 2 is 1.26 bits per heavy atom. The SMILES string of the molecule is C[Si+](c1ccc(-n2c3ccccc3c3cc(C4=CC5c6ccccc6N(c6ccc(C7C=C(c8ccccc8)NC(c8ccccc8)N7)cc6)C5C=C4)ccc32)cc1)C(C)(C)C. The van der Waals surface area contributed by atoms with Crippen LogP contribution < -0.4 is 20.7 Å². The predicted molar refractivity (Wildman–Crippen MR) is 263 cm³/mol. The highest BCUT2D eigenvalue weighted by Gasteiger charge is 2.39. The Morgan fingerprint density at radius 3 is 2.03 bits per heavy atom. The summed E-state index contributed by atoms with van der Waals surface area (Å²) in [6.45, 7) is 9.53. The lowest BCUT2D eigenvalue weighted by molar-refractivity contribution is 0.442. The Balaban J connectivity index is 0.902. The zero-order chi connectivity index (χ0) is 42.0. The second-order valence-corrected chi connectivity index (χ2v) is 21.4. The standard InChI is InChI=1S/C57H51N4Si/c1-57(2,3)62(4)45-31-29-44(30-32-45)61-53-22-14-12-20-47(53)49-36-42(26-34-55(49)61)41-25-33-54-48(35-41)46-19-11-13-21-52(46)60(54)43-27-23-39(24-28-43)51-37-50(38-15-7-5-8-16-38)58-56(59-51)40-17-9-6-10-18-40/h5-37,48,51,54,56,58-59H,1-4H3/q+1. The zero-order valence-corrected chi connectivity index (χ0v) is 36.8. The number of nitrogens with zero attached hydrogens (tertiary/aromatic N) is 2. The van der Waals surface area contributed by atoms with Gasteiger partial charge in [-0.25, -0.2) is 0 Å². The van der Waals surface area contributed by atoms with Crippen LogP contribution in [0.15, 0.2) is 200 Å². The van der Waals surface area contributed by atoms with Crippen molar-refractivity contribution in [2.45, 2.75) is 56.5 Å². The number of hydrogen-bond acceptors (Lipinski definition) is 3. The molecule has 2 N–H and O–H groups in total. The molecule has 3 aliphatic rings. The maximum absolute atomic E-state index is 3.88. The normalized spacial score (nSPS) is 19.5. The van der Waals surface area contributed by atoms with Gasteiger partial charge in [0.25, 0.3) is 0 Å². The van der Waals surface area contributed by atoms with E-state index in [2.05, 4.69) is 248 Å². The number of fused-ring (bicyclic) bond motifs is 6. The Bertz CT molecular complexity index is 3030. The molecule has 302 valence electrons. The number of rotatable bonds is 7. The van der Waals surface area contributed by atoms with Crippen LogP contribution in [0.5, 0.6) is 0 Å². The van der Waals surface area contributed by atoms with Crippen LogP contribution in [0, 0.1) is 0 Å². The summed E-state index contributed by atoms with van der Waals surface area (Å²) in [5.41, 5.74) is 14.8. The monoisotopic (exact) mass is 819 g/mol. The first kappa shape index (κ1) is 38.3. The Hall–Kier alpha value is -6.66. The summed E-state index contributed by atoms with van der Waals surface area (Å²) in [6, 6.07) is 65.0. The van der Waals surface area contributed by atoms with E-state index in [1.807, 2.05) is 0 Å². The van der Waals surface area contributed by atoms with Crippen molar-refractivity contribution in [3.05, 3.63) is 228 Å². The van der Waals surface area contributed by atoms with Crippen LogP contribution >= 0.6 is 0 Å². The summed E-state index contributed by atoms with van der Waals surface area (Å²) in [4.78, 5) is 2.54. The summed E-state index contributed by atoms with van der Waals surface area (Å²) in [5, 5.41) is 12.0. The maximum Gasteiger partial charge on any atom is 0.354 e. The topological polar surface area (TPSA) is 32.2 Å². The van der Waals surface area contributed by atoms with E-state index >= 15 is 0 Å². The second-order valence-electron chi connectivity index (χ2n) is 18.1. The minimum atomic E-state index is -0.670. The zero-order valence-electron chi connectivity index (χ0n) is 35.8. The van der Waals surface area contributed by atoms with Crippen LogP contribution in [0.25, 0.3) is 38.8 Å². The number of aromatic nitrogens is 1. The fourth-order valence-electron chi connectivity index (χ4n) is 9.86. The molecular formula is C57H51N4Si+. The Kier molecular flexibility index (Phi) is 9.48. The smallest absolute Gasteiger partial charge is 0.354 e. The number of hydrogen-bond donors (Lipinski definition) is 2. The Labute approximate surface area is 367 Å². The molecule has 0 saturated carbocycles. The molecule has 4 atom stereocenters. The van der Waals surface area contributed by atoms with Gasteiger partial charge in [-0.05, 0) is 121 Å². The molecule has 0 saturated heterocycles. The molecule has 1 aromatic heterocycles. The average molecular weight is 820 g/mol. The first-order valence-corrected chi connectivity index (χ1v) is 24.0. The van der Waals surface area contributed by atoms with Crippen molar-refractivity contribution in [2.75, 3.05) is 4.90 Å². The number of anilines is 2. The third-order valence-electron chi connectivity index (χ3n) is 13.5. The third-order valence-corrected chi connectivity index (χ3v) is 16.9. The van der Waals surface area contributed by atoms with Crippen molar-refractivity contribution < 1.29 is 0 Å². The van der Waals surface area contributed by atoms with Gasteiger partial charge in [0.1, 0.15) is 6.17 Å². The highest BCUT2D eigenvalue weighted by molar-refractivity contribution is 6.74. The van der Waals surface area contributed by atoms with E-state index in [0.29, 0.717) is 5.04 Å². The number of para-hydroxylation sites is 2. The predicted octanol–water partition coefficient (Wildman–Crippen LogP) is 13.1. The quantitative estimate of drug-likeness (QED) is 0.157. The molecule has 4 unspecified atom stereocenters. The van der Waals surface area contributed by atoms with Gasteiger partial charge in [0.05, 0.1) is 39.9 Å². The van der Waals surface area contributed by atoms with Gasteiger partial charge < -0.3 is 14.8 Å². The van der Waals surface area contributed by atoms with Crippen LogP contribution in [0.2, 0.25) is 11.6 Å².